The van der Waals surface area contributed by atoms with Gasteiger partial charge in [-0.25, -0.2) is 0 Å². The Balaban J connectivity index is 1.59. The van der Waals surface area contributed by atoms with Crippen LogP contribution >= 0.6 is 0 Å². The van der Waals surface area contributed by atoms with Crippen molar-refractivity contribution in [2.75, 3.05) is 21.0 Å². The molecule has 6 nitrogen and oxygen atoms in total. The van der Waals surface area contributed by atoms with Crippen molar-refractivity contribution in [1.82, 2.24) is 0 Å². The molecule has 0 unspecified atom stereocenters. The van der Waals surface area contributed by atoms with Crippen molar-refractivity contribution in [3.63, 3.8) is 0 Å². The number of aryl methyl sites for hydroxylation is 2. The van der Waals surface area contributed by atoms with Crippen LogP contribution in [0.2, 0.25) is 0 Å². The Morgan fingerprint density at radius 2 is 1.70 bits per heavy atom. The molecule has 0 N–H and O–H groups in total. The summed E-state index contributed by atoms with van der Waals surface area (Å²) in [5, 5.41) is 1.92. The zero-order valence-corrected chi connectivity index (χ0v) is 18.6. The topological polar surface area (TPSA) is 50.0 Å². The maximum Gasteiger partial charge on any atom is 0.256 e. The lowest BCUT2D eigenvalue weighted by Crippen LogP contribution is -2.40. The number of hydrogen-bond donors (Lipinski definition) is 0. The molecule has 2 aliphatic heterocycles. The van der Waals surface area contributed by atoms with Crippen LogP contribution in [0.4, 0.5) is 0 Å². The molecular weight excluding hydrogens is 418 g/mol. The number of rotatable bonds is 5. The molecule has 166 valence electrons. The van der Waals surface area contributed by atoms with Crippen molar-refractivity contribution in [3.8, 4) is 40.0 Å². The Kier molecular flexibility index (Phi) is 4.72. The Morgan fingerprint density at radius 1 is 0.879 bits per heavy atom. The Bertz CT molecular complexity index is 1370. The van der Waals surface area contributed by atoms with Crippen molar-refractivity contribution in [2.45, 2.75) is 19.6 Å². The van der Waals surface area contributed by atoms with Crippen LogP contribution in [0, 0.1) is 0 Å². The summed E-state index contributed by atoms with van der Waals surface area (Å²) >= 11 is 0. The first-order chi connectivity index (χ1) is 16.3. The highest BCUT2D eigenvalue weighted by Crippen LogP contribution is 2.46. The van der Waals surface area contributed by atoms with E-state index in [1.165, 1.54) is 5.56 Å². The van der Waals surface area contributed by atoms with Crippen LogP contribution < -0.4 is 28.3 Å². The number of hydrogen-bond acceptors (Lipinski definition) is 5. The average molecular weight is 442 g/mol. The summed E-state index contributed by atoms with van der Waals surface area (Å²) in [4.78, 5) is 0. The standard InChI is InChI=1S/C27H24NO5/c1-29-22-9-8-19-21(26(22)30-2)14-28-11-10-18-12-23-24(33-16-32-23)13-20(18)25(28)27(19)31-15-17-6-4-3-5-7-17/h3-9,12-14H,10-11,15-16H2,1-2H3/q+1. The molecule has 3 heterocycles. The van der Waals surface area contributed by atoms with Gasteiger partial charge in [-0.3, -0.25) is 0 Å². The minimum atomic E-state index is 0.254. The SMILES string of the molecule is COc1ccc2c(OCc3ccccc3)c3[n+](cc2c1OC)CCc1cc2c(cc1-3)OCO2. The van der Waals surface area contributed by atoms with E-state index in [0.717, 1.165) is 57.8 Å². The number of fused-ring (bicyclic) bond motifs is 5. The molecule has 0 radical (unpaired) electrons. The fourth-order valence-corrected chi connectivity index (χ4v) is 4.74. The van der Waals surface area contributed by atoms with Gasteiger partial charge < -0.3 is 23.7 Å². The van der Waals surface area contributed by atoms with Crippen LogP contribution in [0.3, 0.4) is 0 Å². The predicted octanol–water partition coefficient (Wildman–Crippen LogP) is 4.68. The monoisotopic (exact) mass is 442 g/mol. The minimum Gasteiger partial charge on any atom is -0.493 e. The highest BCUT2D eigenvalue weighted by atomic mass is 16.7. The van der Waals surface area contributed by atoms with Gasteiger partial charge in [0, 0.05) is 11.8 Å². The number of ether oxygens (including phenoxy) is 5. The second-order valence-electron chi connectivity index (χ2n) is 8.15. The molecule has 0 fully saturated rings. The zero-order chi connectivity index (χ0) is 22.4. The quantitative estimate of drug-likeness (QED) is 0.420. The van der Waals surface area contributed by atoms with Gasteiger partial charge >= 0.3 is 0 Å². The van der Waals surface area contributed by atoms with Gasteiger partial charge in [0.2, 0.25) is 6.79 Å². The van der Waals surface area contributed by atoms with Gasteiger partial charge in [0.1, 0.15) is 6.61 Å². The second kappa shape index (κ2) is 7.89. The molecule has 4 aromatic rings. The van der Waals surface area contributed by atoms with E-state index in [2.05, 4.69) is 35.0 Å². The highest BCUT2D eigenvalue weighted by molar-refractivity contribution is 5.97. The molecular formula is C27H24NO5+. The van der Waals surface area contributed by atoms with Crippen LogP contribution in [0.5, 0.6) is 28.7 Å². The number of aromatic nitrogens is 1. The van der Waals surface area contributed by atoms with Gasteiger partial charge in [0.15, 0.2) is 41.5 Å². The van der Waals surface area contributed by atoms with Gasteiger partial charge in [-0.15, -0.1) is 0 Å². The fourth-order valence-electron chi connectivity index (χ4n) is 4.74. The van der Waals surface area contributed by atoms with Crippen molar-refractivity contribution in [1.29, 1.82) is 0 Å². The summed E-state index contributed by atoms with van der Waals surface area (Å²) < 4.78 is 31.4. The zero-order valence-electron chi connectivity index (χ0n) is 18.6. The van der Waals surface area contributed by atoms with Crippen molar-refractivity contribution >= 4 is 10.8 Å². The summed E-state index contributed by atoms with van der Waals surface area (Å²) in [7, 11) is 3.32. The molecule has 0 spiro atoms. The van der Waals surface area contributed by atoms with E-state index in [9.17, 15) is 0 Å². The lowest BCUT2D eigenvalue weighted by atomic mass is 9.94. The first kappa shape index (κ1) is 19.7. The molecule has 0 atom stereocenters. The second-order valence-corrected chi connectivity index (χ2v) is 8.15. The predicted molar refractivity (Wildman–Crippen MR) is 123 cm³/mol. The molecule has 0 aliphatic carbocycles. The van der Waals surface area contributed by atoms with Crippen molar-refractivity contribution in [3.05, 3.63) is 71.9 Å². The fraction of sp³-hybridized carbons (Fsp3) is 0.222. The molecule has 0 bridgehead atoms. The van der Waals surface area contributed by atoms with Gasteiger partial charge in [-0.2, -0.15) is 4.57 Å². The van der Waals surface area contributed by atoms with E-state index in [0.29, 0.717) is 18.1 Å². The lowest BCUT2D eigenvalue weighted by molar-refractivity contribution is -0.686. The van der Waals surface area contributed by atoms with Gasteiger partial charge in [0.05, 0.1) is 25.2 Å². The van der Waals surface area contributed by atoms with Crippen LogP contribution in [-0.2, 0) is 19.6 Å². The molecule has 6 rings (SSSR count). The molecule has 0 saturated heterocycles. The summed E-state index contributed by atoms with van der Waals surface area (Å²) in [5.74, 6) is 3.78. The summed E-state index contributed by atoms with van der Waals surface area (Å²) in [6, 6.07) is 18.3. The van der Waals surface area contributed by atoms with E-state index < -0.39 is 0 Å². The number of nitrogens with zero attached hydrogens (tertiary/aromatic N) is 1. The third kappa shape index (κ3) is 3.21. The van der Waals surface area contributed by atoms with Crippen LogP contribution in [0.25, 0.3) is 22.0 Å². The van der Waals surface area contributed by atoms with Gasteiger partial charge in [-0.05, 0) is 35.4 Å². The van der Waals surface area contributed by atoms with E-state index >= 15 is 0 Å². The Labute approximate surface area is 191 Å². The Hall–Kier alpha value is -3.93. The Morgan fingerprint density at radius 3 is 2.48 bits per heavy atom. The summed E-state index contributed by atoms with van der Waals surface area (Å²) in [6.45, 7) is 1.53. The van der Waals surface area contributed by atoms with Crippen LogP contribution in [-0.4, -0.2) is 21.0 Å². The average Bonchev–Trinajstić information content (AvgIpc) is 3.32. The maximum atomic E-state index is 6.56. The molecule has 33 heavy (non-hydrogen) atoms. The molecule has 1 aromatic heterocycles. The van der Waals surface area contributed by atoms with Crippen LogP contribution in [0.15, 0.2) is 60.8 Å². The molecule has 6 heteroatoms. The minimum absolute atomic E-state index is 0.254. The summed E-state index contributed by atoms with van der Waals surface area (Å²) in [5.41, 5.74) is 4.47. The largest absolute Gasteiger partial charge is 0.493 e. The smallest absolute Gasteiger partial charge is 0.256 e. The molecule has 2 aliphatic rings. The summed E-state index contributed by atoms with van der Waals surface area (Å²) in [6.07, 6.45) is 3.02. The first-order valence-electron chi connectivity index (χ1n) is 11.0. The van der Waals surface area contributed by atoms with Gasteiger partial charge in [0.25, 0.3) is 5.69 Å². The highest BCUT2D eigenvalue weighted by Gasteiger charge is 2.33. The van der Waals surface area contributed by atoms with E-state index in [4.69, 9.17) is 23.7 Å². The number of methoxy groups -OCH3 is 2. The molecule has 3 aromatic carbocycles. The van der Waals surface area contributed by atoms with E-state index in [1.807, 2.05) is 30.3 Å². The third-order valence-corrected chi connectivity index (χ3v) is 6.32. The van der Waals surface area contributed by atoms with E-state index in [1.54, 1.807) is 14.2 Å². The normalized spacial score (nSPS) is 13.4. The molecule has 0 amide bonds. The first-order valence-corrected chi connectivity index (χ1v) is 11.0. The lowest BCUT2D eigenvalue weighted by Gasteiger charge is -2.21. The number of benzene rings is 3. The van der Waals surface area contributed by atoms with Crippen molar-refractivity contribution in [2.24, 2.45) is 0 Å². The maximum absolute atomic E-state index is 6.56. The van der Waals surface area contributed by atoms with E-state index in [-0.39, 0.29) is 6.79 Å². The third-order valence-electron chi connectivity index (χ3n) is 6.32. The van der Waals surface area contributed by atoms with Crippen LogP contribution in [0.1, 0.15) is 11.1 Å². The van der Waals surface area contributed by atoms with Gasteiger partial charge in [-0.1, -0.05) is 30.3 Å². The van der Waals surface area contributed by atoms with Crippen molar-refractivity contribution < 1.29 is 28.3 Å². The molecule has 0 saturated carbocycles. The number of pyridine rings is 1.